The monoisotopic (exact) mass is 559 g/mol. The van der Waals surface area contributed by atoms with Crippen molar-refractivity contribution in [1.82, 2.24) is 4.90 Å². The number of aliphatic hydroxyl groups excluding tert-OH is 2. The van der Waals surface area contributed by atoms with Crippen molar-refractivity contribution in [3.05, 3.63) is 0 Å². The molecule has 8 unspecified atom stereocenters. The fourth-order valence-electron chi connectivity index (χ4n) is 5.73. The maximum absolute atomic E-state index is 12.6. The summed E-state index contributed by atoms with van der Waals surface area (Å²) >= 11 is 0. The first-order chi connectivity index (χ1) is 18.0. The molecule has 39 heavy (non-hydrogen) atoms. The van der Waals surface area contributed by atoms with Crippen molar-refractivity contribution in [2.45, 2.75) is 130 Å². The molecule has 10 heteroatoms. The number of carbonyl (C=O) groups is 3. The molecule has 10 atom stereocenters. The number of ether oxygens (including phenoxy) is 3. The molecule has 0 aromatic rings. The number of hydrogen-bond donors (Lipinski definition) is 3. The third kappa shape index (κ3) is 11.3. The fourth-order valence-corrected chi connectivity index (χ4v) is 5.73. The summed E-state index contributed by atoms with van der Waals surface area (Å²) in [5.41, 5.74) is -1.34. The maximum atomic E-state index is 12.6. The topological polar surface area (TPSA) is 143 Å². The molecule has 2 heterocycles. The number of carbonyl (C=O) groups excluding carboxylic acids is 2. The second-order valence-corrected chi connectivity index (χ2v) is 12.2. The molecule has 2 aliphatic heterocycles. The Morgan fingerprint density at radius 3 is 2.18 bits per heavy atom. The van der Waals surface area contributed by atoms with Crippen LogP contribution in [0.3, 0.4) is 0 Å². The van der Waals surface area contributed by atoms with E-state index in [-0.39, 0.29) is 42.5 Å². The smallest absolute Gasteiger partial charge is 0.458 e. The average Bonchev–Trinajstić information content (AvgIpc) is 2.83. The molecule has 0 amide bonds. The Balaban J connectivity index is 0.000000573. The van der Waals surface area contributed by atoms with Crippen LogP contribution in [0.5, 0.6) is 0 Å². The molecule has 0 radical (unpaired) electrons. The van der Waals surface area contributed by atoms with Crippen LogP contribution in [0.1, 0.15) is 93.4 Å². The Bertz CT molecular complexity index is 781. The van der Waals surface area contributed by atoms with Crippen molar-refractivity contribution in [3.8, 4) is 0 Å². The fraction of sp³-hybridized carbons (Fsp3) is 0.897. The van der Waals surface area contributed by atoms with E-state index in [4.69, 9.17) is 14.2 Å². The van der Waals surface area contributed by atoms with Crippen LogP contribution in [0.4, 0.5) is 4.79 Å². The number of rotatable bonds is 3. The lowest BCUT2D eigenvalue weighted by molar-refractivity contribution is -0.176. The molecule has 10 nitrogen and oxygen atoms in total. The average molecular weight is 560 g/mol. The van der Waals surface area contributed by atoms with E-state index >= 15 is 0 Å². The van der Waals surface area contributed by atoms with Gasteiger partial charge in [0.2, 0.25) is 0 Å². The highest BCUT2D eigenvalue weighted by atomic mass is 16.7. The van der Waals surface area contributed by atoms with Crippen molar-refractivity contribution in [3.63, 3.8) is 0 Å². The minimum atomic E-state index is -1.48. The van der Waals surface area contributed by atoms with Gasteiger partial charge in [0.05, 0.1) is 18.1 Å². The summed E-state index contributed by atoms with van der Waals surface area (Å²) in [5.74, 6) is -1.39. The second kappa shape index (κ2) is 15.9. The molecule has 0 aromatic heterocycles. The zero-order valence-electron chi connectivity index (χ0n) is 25.4. The predicted molar refractivity (Wildman–Crippen MR) is 147 cm³/mol. The van der Waals surface area contributed by atoms with Crippen LogP contribution >= 0.6 is 0 Å². The van der Waals surface area contributed by atoms with Gasteiger partial charge in [-0.05, 0) is 78.8 Å². The SMILES string of the molecule is CC1CC(N(C)C)CC(O)O1.CCC1OC(=O)C(C)C(O)C(C)CC(C)C[C@@H](C)C(=O)CC[C@]1(C)OC(=O)O. The molecular formula is C29H53NO9. The summed E-state index contributed by atoms with van der Waals surface area (Å²) < 4.78 is 15.9. The number of hydrogen-bond acceptors (Lipinski definition) is 9. The Labute approximate surface area is 234 Å². The lowest BCUT2D eigenvalue weighted by Gasteiger charge is -2.37. The van der Waals surface area contributed by atoms with Crippen LogP contribution < -0.4 is 0 Å². The molecule has 2 fully saturated rings. The summed E-state index contributed by atoms with van der Waals surface area (Å²) in [4.78, 5) is 38.6. The van der Waals surface area contributed by atoms with Crippen LogP contribution in [-0.2, 0) is 23.8 Å². The van der Waals surface area contributed by atoms with Crippen LogP contribution in [-0.4, -0.2) is 88.5 Å². The van der Waals surface area contributed by atoms with Gasteiger partial charge in [-0.15, -0.1) is 0 Å². The van der Waals surface area contributed by atoms with E-state index in [1.807, 2.05) is 41.8 Å². The quantitative estimate of drug-likeness (QED) is 0.430. The molecule has 2 saturated heterocycles. The Hall–Kier alpha value is -1.75. The van der Waals surface area contributed by atoms with Gasteiger partial charge in [0.25, 0.3) is 0 Å². The maximum Gasteiger partial charge on any atom is 0.506 e. The number of cyclic esters (lactones) is 1. The molecule has 0 aromatic carbocycles. The van der Waals surface area contributed by atoms with E-state index in [1.165, 1.54) is 0 Å². The Kier molecular flexibility index (Phi) is 14.4. The van der Waals surface area contributed by atoms with Crippen LogP contribution in [0.15, 0.2) is 0 Å². The normalized spacial score (nSPS) is 39.1. The van der Waals surface area contributed by atoms with Gasteiger partial charge in [-0.3, -0.25) is 9.59 Å². The molecule has 0 bridgehead atoms. The van der Waals surface area contributed by atoms with Crippen LogP contribution in [0, 0.1) is 23.7 Å². The third-order valence-electron chi connectivity index (χ3n) is 8.24. The Morgan fingerprint density at radius 1 is 1.05 bits per heavy atom. The molecular weight excluding hydrogens is 506 g/mol. The number of esters is 1. The highest BCUT2D eigenvalue weighted by molar-refractivity contribution is 5.80. The zero-order valence-corrected chi connectivity index (χ0v) is 25.4. The zero-order chi connectivity index (χ0) is 30.1. The molecule has 0 saturated carbocycles. The molecule has 2 aliphatic rings. The summed E-state index contributed by atoms with van der Waals surface area (Å²) in [6, 6.07) is 0.466. The van der Waals surface area contributed by atoms with Gasteiger partial charge < -0.3 is 34.4 Å². The van der Waals surface area contributed by atoms with Gasteiger partial charge in [0.15, 0.2) is 6.29 Å². The van der Waals surface area contributed by atoms with E-state index in [2.05, 4.69) is 4.90 Å². The minimum absolute atomic E-state index is 0.0341. The molecule has 0 spiro atoms. The standard InChI is InChI=1S/C21H36O7.C8H17NO2/c1-7-17-21(6,28-20(25)26)9-8-16(22)13(3)10-12(2)11-14(4)18(23)15(5)19(24)27-17;1-6-4-7(9(2)3)5-8(10)11-6/h12-15,17-18,23H,7-11H2,1-6H3,(H,25,26);6-8,10H,4-5H2,1-3H3/t12?,13-,14?,15?,17?,18?,21+;/m1./s1. The van der Waals surface area contributed by atoms with E-state index < -0.39 is 42.1 Å². The van der Waals surface area contributed by atoms with Crippen molar-refractivity contribution in [2.75, 3.05) is 14.1 Å². The number of Topliss-reactive ketones (excluding diaryl/α,β-unsaturated/α-hetero) is 1. The van der Waals surface area contributed by atoms with Gasteiger partial charge in [0.1, 0.15) is 17.5 Å². The molecule has 3 N–H and O–H groups in total. The van der Waals surface area contributed by atoms with Gasteiger partial charge in [0, 0.05) is 24.8 Å². The van der Waals surface area contributed by atoms with Gasteiger partial charge in [-0.1, -0.05) is 27.7 Å². The summed E-state index contributed by atoms with van der Waals surface area (Å²) in [7, 11) is 4.07. The van der Waals surface area contributed by atoms with E-state index in [9.17, 15) is 29.7 Å². The largest absolute Gasteiger partial charge is 0.506 e. The second-order valence-electron chi connectivity index (χ2n) is 12.2. The van der Waals surface area contributed by atoms with Gasteiger partial charge in [-0.2, -0.15) is 0 Å². The summed E-state index contributed by atoms with van der Waals surface area (Å²) in [6.07, 6.45) is 0.173. The summed E-state index contributed by atoms with van der Waals surface area (Å²) in [5, 5.41) is 29.0. The van der Waals surface area contributed by atoms with Crippen molar-refractivity contribution >= 4 is 17.9 Å². The van der Waals surface area contributed by atoms with Gasteiger partial charge in [-0.25, -0.2) is 4.79 Å². The first kappa shape index (κ1) is 35.3. The van der Waals surface area contributed by atoms with E-state index in [0.29, 0.717) is 25.3 Å². The van der Waals surface area contributed by atoms with E-state index in [0.717, 1.165) is 12.8 Å². The van der Waals surface area contributed by atoms with Crippen molar-refractivity contribution in [1.29, 1.82) is 0 Å². The highest BCUT2D eigenvalue weighted by Gasteiger charge is 2.42. The molecule has 2 rings (SSSR count). The molecule has 228 valence electrons. The summed E-state index contributed by atoms with van der Waals surface area (Å²) in [6.45, 7) is 12.7. The number of aliphatic hydroxyl groups is 2. The lowest BCUT2D eigenvalue weighted by Crippen LogP contribution is -2.48. The van der Waals surface area contributed by atoms with Crippen molar-refractivity contribution in [2.24, 2.45) is 23.7 Å². The third-order valence-corrected chi connectivity index (χ3v) is 8.24. The van der Waals surface area contributed by atoms with Crippen LogP contribution in [0.25, 0.3) is 0 Å². The van der Waals surface area contributed by atoms with E-state index in [1.54, 1.807) is 20.8 Å². The van der Waals surface area contributed by atoms with Crippen LogP contribution in [0.2, 0.25) is 0 Å². The number of carboxylic acid groups (broad SMARTS) is 1. The molecule has 0 aliphatic carbocycles. The van der Waals surface area contributed by atoms with Gasteiger partial charge >= 0.3 is 12.1 Å². The Morgan fingerprint density at radius 2 is 1.67 bits per heavy atom. The first-order valence-corrected chi connectivity index (χ1v) is 14.3. The lowest BCUT2D eigenvalue weighted by atomic mass is 9.81. The highest BCUT2D eigenvalue weighted by Crippen LogP contribution is 2.32. The number of nitrogens with zero attached hydrogens (tertiary/aromatic N) is 1. The first-order valence-electron chi connectivity index (χ1n) is 14.3. The minimum Gasteiger partial charge on any atom is -0.458 e. The van der Waals surface area contributed by atoms with Crippen molar-refractivity contribution < 1.29 is 43.9 Å². The number of ketones is 1. The predicted octanol–water partition coefficient (Wildman–Crippen LogP) is 4.24.